The number of benzene rings is 1. The first-order valence-corrected chi connectivity index (χ1v) is 6.23. The molecule has 0 atom stereocenters. The Labute approximate surface area is 97.9 Å². The SMILES string of the molecule is Cc1ccc(C(=O)C2(C)CCCCC2)cc1. The minimum Gasteiger partial charge on any atom is -0.294 e. The standard InChI is InChI=1S/C15H20O/c1-12-6-8-13(9-7-12)14(16)15(2)10-4-3-5-11-15/h6-9H,3-5,10-11H2,1-2H3. The van der Waals surface area contributed by atoms with Crippen LogP contribution in [-0.2, 0) is 0 Å². The number of carbonyl (C=O) groups is 1. The maximum absolute atomic E-state index is 12.4. The van der Waals surface area contributed by atoms with Crippen LogP contribution in [0.15, 0.2) is 24.3 Å². The van der Waals surface area contributed by atoms with Gasteiger partial charge in [-0.15, -0.1) is 0 Å². The van der Waals surface area contributed by atoms with Gasteiger partial charge in [-0.25, -0.2) is 0 Å². The Morgan fingerprint density at radius 1 is 1.06 bits per heavy atom. The first kappa shape index (κ1) is 11.4. The monoisotopic (exact) mass is 216 g/mol. The van der Waals surface area contributed by atoms with E-state index >= 15 is 0 Å². The zero-order chi connectivity index (χ0) is 11.6. The molecule has 0 amide bonds. The number of ketones is 1. The van der Waals surface area contributed by atoms with E-state index in [0.717, 1.165) is 18.4 Å². The summed E-state index contributed by atoms with van der Waals surface area (Å²) in [5, 5.41) is 0. The predicted molar refractivity (Wildman–Crippen MR) is 66.7 cm³/mol. The predicted octanol–water partition coefficient (Wildman–Crippen LogP) is 4.15. The lowest BCUT2D eigenvalue weighted by Gasteiger charge is -2.32. The summed E-state index contributed by atoms with van der Waals surface area (Å²) in [5.74, 6) is 0.340. The van der Waals surface area contributed by atoms with Crippen molar-refractivity contribution in [2.45, 2.75) is 46.0 Å². The minimum absolute atomic E-state index is 0.104. The molecule has 86 valence electrons. The van der Waals surface area contributed by atoms with Crippen molar-refractivity contribution in [2.24, 2.45) is 5.41 Å². The van der Waals surface area contributed by atoms with Crippen LogP contribution in [0.2, 0.25) is 0 Å². The second-order valence-electron chi connectivity index (χ2n) is 5.32. The topological polar surface area (TPSA) is 17.1 Å². The summed E-state index contributed by atoms with van der Waals surface area (Å²) >= 11 is 0. The van der Waals surface area contributed by atoms with Crippen LogP contribution in [0.25, 0.3) is 0 Å². The van der Waals surface area contributed by atoms with E-state index in [1.54, 1.807) is 0 Å². The minimum atomic E-state index is -0.104. The molecule has 0 heterocycles. The van der Waals surface area contributed by atoms with Gasteiger partial charge < -0.3 is 0 Å². The zero-order valence-corrected chi connectivity index (χ0v) is 10.3. The highest BCUT2D eigenvalue weighted by Crippen LogP contribution is 2.38. The molecule has 1 fully saturated rings. The van der Waals surface area contributed by atoms with Crippen LogP contribution in [0.4, 0.5) is 0 Å². The van der Waals surface area contributed by atoms with Crippen molar-refractivity contribution in [2.75, 3.05) is 0 Å². The summed E-state index contributed by atoms with van der Waals surface area (Å²) in [4.78, 5) is 12.4. The highest BCUT2D eigenvalue weighted by atomic mass is 16.1. The Balaban J connectivity index is 2.20. The molecule has 1 heteroatoms. The van der Waals surface area contributed by atoms with E-state index in [1.807, 2.05) is 24.3 Å². The van der Waals surface area contributed by atoms with Gasteiger partial charge >= 0.3 is 0 Å². The van der Waals surface area contributed by atoms with Crippen molar-refractivity contribution in [3.05, 3.63) is 35.4 Å². The molecule has 0 saturated heterocycles. The van der Waals surface area contributed by atoms with Crippen molar-refractivity contribution >= 4 is 5.78 Å². The molecule has 0 N–H and O–H groups in total. The van der Waals surface area contributed by atoms with Gasteiger partial charge in [-0.1, -0.05) is 56.0 Å². The summed E-state index contributed by atoms with van der Waals surface area (Å²) in [6.07, 6.45) is 5.80. The quantitative estimate of drug-likeness (QED) is 0.679. The van der Waals surface area contributed by atoms with Crippen LogP contribution >= 0.6 is 0 Å². The lowest BCUT2D eigenvalue weighted by molar-refractivity contribution is 0.0749. The van der Waals surface area contributed by atoms with E-state index in [0.29, 0.717) is 5.78 Å². The first-order chi connectivity index (χ1) is 7.62. The first-order valence-electron chi connectivity index (χ1n) is 6.23. The third kappa shape index (κ3) is 2.18. The maximum atomic E-state index is 12.4. The summed E-state index contributed by atoms with van der Waals surface area (Å²) in [6, 6.07) is 7.99. The third-order valence-electron chi connectivity index (χ3n) is 3.82. The smallest absolute Gasteiger partial charge is 0.168 e. The third-order valence-corrected chi connectivity index (χ3v) is 3.82. The highest BCUT2D eigenvalue weighted by Gasteiger charge is 2.34. The molecular formula is C15H20O. The molecule has 0 bridgehead atoms. The van der Waals surface area contributed by atoms with Crippen LogP contribution < -0.4 is 0 Å². The highest BCUT2D eigenvalue weighted by molar-refractivity contribution is 6.00. The largest absolute Gasteiger partial charge is 0.294 e. The van der Waals surface area contributed by atoms with E-state index < -0.39 is 0 Å². The van der Waals surface area contributed by atoms with E-state index in [-0.39, 0.29) is 5.41 Å². The molecule has 16 heavy (non-hydrogen) atoms. The molecule has 2 rings (SSSR count). The number of Topliss-reactive ketones (excluding diaryl/α,β-unsaturated/α-hetero) is 1. The molecule has 0 aromatic heterocycles. The van der Waals surface area contributed by atoms with Crippen molar-refractivity contribution in [1.29, 1.82) is 0 Å². The van der Waals surface area contributed by atoms with Crippen molar-refractivity contribution in [1.82, 2.24) is 0 Å². The van der Waals surface area contributed by atoms with Gasteiger partial charge in [0.2, 0.25) is 0 Å². The van der Waals surface area contributed by atoms with Crippen LogP contribution in [0.1, 0.15) is 54.9 Å². The Morgan fingerprint density at radius 3 is 2.19 bits per heavy atom. The second-order valence-corrected chi connectivity index (χ2v) is 5.32. The fourth-order valence-corrected chi connectivity index (χ4v) is 2.61. The fourth-order valence-electron chi connectivity index (χ4n) is 2.61. The molecular weight excluding hydrogens is 196 g/mol. The number of hydrogen-bond acceptors (Lipinski definition) is 1. The number of aryl methyl sites for hydroxylation is 1. The van der Waals surface area contributed by atoms with E-state index in [4.69, 9.17) is 0 Å². The Kier molecular flexibility index (Phi) is 3.13. The maximum Gasteiger partial charge on any atom is 0.168 e. The molecule has 1 aromatic carbocycles. The average Bonchev–Trinajstić information content (AvgIpc) is 2.30. The van der Waals surface area contributed by atoms with Gasteiger partial charge in [-0.3, -0.25) is 4.79 Å². The van der Waals surface area contributed by atoms with Gasteiger partial charge in [0.25, 0.3) is 0 Å². The normalized spacial score (nSPS) is 19.4. The van der Waals surface area contributed by atoms with Crippen LogP contribution in [0, 0.1) is 12.3 Å². The van der Waals surface area contributed by atoms with Crippen molar-refractivity contribution in [3.63, 3.8) is 0 Å². The molecule has 0 aliphatic heterocycles. The molecule has 1 aliphatic rings. The fraction of sp³-hybridized carbons (Fsp3) is 0.533. The zero-order valence-electron chi connectivity index (χ0n) is 10.3. The van der Waals surface area contributed by atoms with E-state index in [1.165, 1.54) is 24.8 Å². The van der Waals surface area contributed by atoms with Gasteiger partial charge in [-0.05, 0) is 19.8 Å². The van der Waals surface area contributed by atoms with Crippen LogP contribution in [-0.4, -0.2) is 5.78 Å². The molecule has 0 spiro atoms. The average molecular weight is 216 g/mol. The van der Waals surface area contributed by atoms with Crippen LogP contribution in [0.5, 0.6) is 0 Å². The van der Waals surface area contributed by atoms with Gasteiger partial charge in [0.1, 0.15) is 0 Å². The summed E-state index contributed by atoms with van der Waals surface area (Å²) in [5.41, 5.74) is 1.99. The molecule has 1 aromatic rings. The molecule has 1 nitrogen and oxygen atoms in total. The molecule has 0 radical (unpaired) electrons. The molecule has 1 saturated carbocycles. The Hall–Kier alpha value is -1.11. The Morgan fingerprint density at radius 2 is 1.62 bits per heavy atom. The van der Waals surface area contributed by atoms with E-state index in [2.05, 4.69) is 13.8 Å². The lowest BCUT2D eigenvalue weighted by atomic mass is 9.71. The van der Waals surface area contributed by atoms with Gasteiger partial charge in [0, 0.05) is 11.0 Å². The second kappa shape index (κ2) is 4.40. The van der Waals surface area contributed by atoms with Gasteiger partial charge in [0.15, 0.2) is 5.78 Å². The summed E-state index contributed by atoms with van der Waals surface area (Å²) < 4.78 is 0. The van der Waals surface area contributed by atoms with Gasteiger partial charge in [0.05, 0.1) is 0 Å². The number of carbonyl (C=O) groups excluding carboxylic acids is 1. The molecule has 0 unspecified atom stereocenters. The van der Waals surface area contributed by atoms with Gasteiger partial charge in [-0.2, -0.15) is 0 Å². The summed E-state index contributed by atoms with van der Waals surface area (Å²) in [6.45, 7) is 4.19. The summed E-state index contributed by atoms with van der Waals surface area (Å²) in [7, 11) is 0. The lowest BCUT2D eigenvalue weighted by Crippen LogP contribution is -2.30. The number of rotatable bonds is 2. The Bertz CT molecular complexity index is 369. The van der Waals surface area contributed by atoms with E-state index in [9.17, 15) is 4.79 Å². The number of hydrogen-bond donors (Lipinski definition) is 0. The van der Waals surface area contributed by atoms with Crippen molar-refractivity contribution in [3.8, 4) is 0 Å². The van der Waals surface area contributed by atoms with Crippen LogP contribution in [0.3, 0.4) is 0 Å². The van der Waals surface area contributed by atoms with Crippen molar-refractivity contribution < 1.29 is 4.79 Å². The molecule has 1 aliphatic carbocycles.